The van der Waals surface area contributed by atoms with Crippen LogP contribution in [0.3, 0.4) is 0 Å². The maximum Gasteiger partial charge on any atom is 0.417 e. The minimum Gasteiger partial charge on any atom is -0.466 e. The van der Waals surface area contributed by atoms with Crippen LogP contribution in [0.1, 0.15) is 5.56 Å². The largest absolute Gasteiger partial charge is 0.466 e. The molecule has 0 saturated carbocycles. The van der Waals surface area contributed by atoms with Gasteiger partial charge in [0.15, 0.2) is 6.61 Å². The van der Waals surface area contributed by atoms with Crippen LogP contribution in [0.4, 0.5) is 13.2 Å². The molecule has 0 atom stereocenters. The molecule has 0 aromatic carbocycles. The molecule has 0 radical (unpaired) electrons. The van der Waals surface area contributed by atoms with Crippen LogP contribution in [0.5, 0.6) is 5.88 Å². The molecule has 1 aromatic heterocycles. The van der Waals surface area contributed by atoms with Crippen molar-refractivity contribution in [3.63, 3.8) is 0 Å². The van der Waals surface area contributed by atoms with Crippen molar-refractivity contribution in [2.75, 3.05) is 13.7 Å². The Morgan fingerprint density at radius 2 is 2.18 bits per heavy atom. The summed E-state index contributed by atoms with van der Waals surface area (Å²) in [6.07, 6.45) is -3.96. The zero-order chi connectivity index (χ0) is 13.1. The number of carbonyl (C=O) groups is 1. The molecule has 0 aliphatic carbocycles. The van der Waals surface area contributed by atoms with Crippen LogP contribution >= 0.6 is 11.6 Å². The predicted molar refractivity (Wildman–Crippen MR) is 51.8 cm³/mol. The van der Waals surface area contributed by atoms with Crippen molar-refractivity contribution >= 4 is 17.6 Å². The van der Waals surface area contributed by atoms with E-state index in [9.17, 15) is 18.0 Å². The van der Waals surface area contributed by atoms with Gasteiger partial charge in [0, 0.05) is 6.20 Å². The number of pyridine rings is 1. The summed E-state index contributed by atoms with van der Waals surface area (Å²) in [6, 6.07) is 0.668. The van der Waals surface area contributed by atoms with E-state index in [4.69, 9.17) is 16.3 Å². The van der Waals surface area contributed by atoms with Crippen LogP contribution in [0, 0.1) is 0 Å². The quantitative estimate of drug-likeness (QED) is 0.790. The minimum absolute atomic E-state index is 0.259. The van der Waals surface area contributed by atoms with Crippen LogP contribution < -0.4 is 4.74 Å². The molecule has 94 valence electrons. The molecule has 0 spiro atoms. The topological polar surface area (TPSA) is 48.4 Å². The third-order valence-corrected chi connectivity index (χ3v) is 1.96. The van der Waals surface area contributed by atoms with Gasteiger partial charge < -0.3 is 9.47 Å². The second-order valence-corrected chi connectivity index (χ2v) is 3.28. The van der Waals surface area contributed by atoms with Crippen LogP contribution in [0.2, 0.25) is 5.02 Å². The monoisotopic (exact) mass is 269 g/mol. The molecule has 1 aromatic rings. The zero-order valence-corrected chi connectivity index (χ0v) is 9.30. The third kappa shape index (κ3) is 3.77. The van der Waals surface area contributed by atoms with Gasteiger partial charge in [0.05, 0.1) is 12.7 Å². The molecule has 0 bridgehead atoms. The van der Waals surface area contributed by atoms with Crippen molar-refractivity contribution in [1.82, 2.24) is 4.98 Å². The van der Waals surface area contributed by atoms with Gasteiger partial charge in [-0.1, -0.05) is 11.6 Å². The summed E-state index contributed by atoms with van der Waals surface area (Å²) >= 11 is 5.52. The number of halogens is 4. The van der Waals surface area contributed by atoms with E-state index in [-0.39, 0.29) is 10.9 Å². The molecule has 0 unspecified atom stereocenters. The molecule has 0 fully saturated rings. The number of carbonyl (C=O) groups excluding carboxylic acids is 1. The van der Waals surface area contributed by atoms with Crippen LogP contribution in [-0.2, 0) is 15.7 Å². The van der Waals surface area contributed by atoms with E-state index in [1.165, 1.54) is 0 Å². The molecule has 17 heavy (non-hydrogen) atoms. The van der Waals surface area contributed by atoms with Gasteiger partial charge in [-0.2, -0.15) is 13.2 Å². The van der Waals surface area contributed by atoms with Gasteiger partial charge in [-0.05, 0) is 6.07 Å². The molecule has 8 heteroatoms. The summed E-state index contributed by atoms with van der Waals surface area (Å²) in [4.78, 5) is 14.1. The number of alkyl halides is 3. The number of hydrogen-bond donors (Lipinski definition) is 0. The molecule has 0 aliphatic heterocycles. The number of aromatic nitrogens is 1. The molecular formula is C9H7ClF3NO3. The molecular weight excluding hydrogens is 263 g/mol. The zero-order valence-electron chi connectivity index (χ0n) is 8.55. The lowest BCUT2D eigenvalue weighted by atomic mass is 10.3. The fourth-order valence-electron chi connectivity index (χ4n) is 0.873. The molecule has 0 amide bonds. The fourth-order valence-corrected chi connectivity index (χ4v) is 1.09. The Morgan fingerprint density at radius 1 is 1.53 bits per heavy atom. The number of esters is 1. The van der Waals surface area contributed by atoms with Crippen molar-refractivity contribution in [2.45, 2.75) is 6.18 Å². The first kappa shape index (κ1) is 13.6. The Hall–Kier alpha value is -1.50. The maximum absolute atomic E-state index is 12.3. The number of rotatable bonds is 3. The van der Waals surface area contributed by atoms with Gasteiger partial charge in [0.2, 0.25) is 5.88 Å². The van der Waals surface area contributed by atoms with E-state index in [1.807, 2.05) is 0 Å². The Morgan fingerprint density at radius 3 is 2.65 bits per heavy atom. The van der Waals surface area contributed by atoms with E-state index < -0.39 is 24.3 Å². The lowest BCUT2D eigenvalue weighted by Gasteiger charge is -2.09. The van der Waals surface area contributed by atoms with Crippen molar-refractivity contribution < 1.29 is 27.4 Å². The highest BCUT2D eigenvalue weighted by Crippen LogP contribution is 2.32. The molecule has 0 N–H and O–H groups in total. The molecule has 0 saturated heterocycles. The van der Waals surface area contributed by atoms with E-state index in [0.717, 1.165) is 7.11 Å². The van der Waals surface area contributed by atoms with Gasteiger partial charge in [-0.3, -0.25) is 0 Å². The first-order chi connectivity index (χ1) is 7.84. The van der Waals surface area contributed by atoms with Crippen LogP contribution in [0.15, 0.2) is 12.3 Å². The Bertz CT molecular complexity index is 422. The summed E-state index contributed by atoms with van der Waals surface area (Å²) in [7, 11) is 1.15. The normalized spacial score (nSPS) is 11.1. The van der Waals surface area contributed by atoms with Gasteiger partial charge in [-0.25, -0.2) is 9.78 Å². The average molecular weight is 270 g/mol. The average Bonchev–Trinajstić information content (AvgIpc) is 2.25. The number of ether oxygens (including phenoxy) is 2. The van der Waals surface area contributed by atoms with Gasteiger partial charge in [-0.15, -0.1) is 0 Å². The number of nitrogens with zero attached hydrogens (tertiary/aromatic N) is 1. The number of methoxy groups -OCH3 is 1. The lowest BCUT2D eigenvalue weighted by molar-refractivity contribution is -0.143. The summed E-state index contributed by atoms with van der Waals surface area (Å²) in [5.74, 6) is -0.951. The van der Waals surface area contributed by atoms with Crippen molar-refractivity contribution in [2.24, 2.45) is 0 Å². The second-order valence-electron chi connectivity index (χ2n) is 2.87. The Balaban J connectivity index is 2.80. The highest BCUT2D eigenvalue weighted by atomic mass is 35.5. The van der Waals surface area contributed by atoms with E-state index in [0.29, 0.717) is 12.3 Å². The third-order valence-electron chi connectivity index (χ3n) is 1.69. The minimum atomic E-state index is -4.53. The summed E-state index contributed by atoms with van der Waals surface area (Å²) in [5.41, 5.74) is -0.993. The summed E-state index contributed by atoms with van der Waals surface area (Å²) in [5, 5.41) is -0.330. The molecule has 1 rings (SSSR count). The van der Waals surface area contributed by atoms with Crippen molar-refractivity contribution in [3.8, 4) is 5.88 Å². The van der Waals surface area contributed by atoms with Crippen molar-refractivity contribution in [3.05, 3.63) is 22.8 Å². The first-order valence-corrected chi connectivity index (χ1v) is 4.64. The predicted octanol–water partition coefficient (Wildman–Crippen LogP) is 2.31. The van der Waals surface area contributed by atoms with Crippen molar-refractivity contribution in [1.29, 1.82) is 0 Å². The van der Waals surface area contributed by atoms with E-state index >= 15 is 0 Å². The molecule has 1 heterocycles. The highest BCUT2D eigenvalue weighted by molar-refractivity contribution is 6.31. The van der Waals surface area contributed by atoms with Gasteiger partial charge in [0.1, 0.15) is 5.02 Å². The maximum atomic E-state index is 12.3. The SMILES string of the molecule is COC(=O)COc1ncc(C(F)(F)F)cc1Cl. The van der Waals surface area contributed by atoms with Gasteiger partial charge >= 0.3 is 12.1 Å². The summed E-state index contributed by atoms with van der Waals surface area (Å²) in [6.45, 7) is -0.478. The lowest BCUT2D eigenvalue weighted by Crippen LogP contribution is -2.14. The fraction of sp³-hybridized carbons (Fsp3) is 0.333. The van der Waals surface area contributed by atoms with E-state index in [2.05, 4.69) is 9.72 Å². The molecule has 0 aliphatic rings. The smallest absolute Gasteiger partial charge is 0.417 e. The van der Waals surface area contributed by atoms with Crippen LogP contribution in [-0.4, -0.2) is 24.7 Å². The number of hydrogen-bond acceptors (Lipinski definition) is 4. The van der Waals surface area contributed by atoms with Crippen LogP contribution in [0.25, 0.3) is 0 Å². The van der Waals surface area contributed by atoms with Gasteiger partial charge in [0.25, 0.3) is 0 Å². The second kappa shape index (κ2) is 5.22. The summed E-state index contributed by atoms with van der Waals surface area (Å²) < 4.78 is 45.8. The van der Waals surface area contributed by atoms with E-state index in [1.54, 1.807) is 0 Å². The standard InChI is InChI=1S/C9H7ClF3NO3/c1-16-7(15)4-17-8-6(10)2-5(3-14-8)9(11,12)13/h2-3H,4H2,1H3. The molecule has 4 nitrogen and oxygen atoms in total. The Labute approximate surface area is 99.3 Å². The highest BCUT2D eigenvalue weighted by Gasteiger charge is 2.31. The Kier molecular flexibility index (Phi) is 4.17. The first-order valence-electron chi connectivity index (χ1n) is 4.27.